The molecule has 1 atom stereocenters. The van der Waals surface area contributed by atoms with Gasteiger partial charge in [0.25, 0.3) is 0 Å². The lowest BCUT2D eigenvalue weighted by molar-refractivity contribution is 0.195. The van der Waals surface area contributed by atoms with Crippen LogP contribution in [0.4, 0.5) is 0 Å². The predicted octanol–water partition coefficient (Wildman–Crippen LogP) is 1.53. The Morgan fingerprint density at radius 2 is 1.86 bits per heavy atom. The minimum atomic E-state index is -0.301. The highest BCUT2D eigenvalue weighted by molar-refractivity contribution is 5.27. The molecule has 1 aromatic carbocycles. The molecule has 0 aliphatic rings. The van der Waals surface area contributed by atoms with Gasteiger partial charge in [-0.3, -0.25) is 0 Å². The molecule has 2 heteroatoms. The molecule has 1 aromatic rings. The molecule has 0 amide bonds. The van der Waals surface area contributed by atoms with E-state index in [0.29, 0.717) is 6.42 Å². The number of aryl methyl sites for hydroxylation is 1. The fourth-order valence-corrected chi connectivity index (χ4v) is 1.59. The summed E-state index contributed by atoms with van der Waals surface area (Å²) in [6.07, 6.45) is 2.07. The molecule has 1 rings (SSSR count). The highest BCUT2D eigenvalue weighted by Crippen LogP contribution is 2.13. The Labute approximate surface area is 85.2 Å². The van der Waals surface area contributed by atoms with Gasteiger partial charge in [-0.25, -0.2) is 0 Å². The lowest BCUT2D eigenvalue weighted by Crippen LogP contribution is -2.07. The fourth-order valence-electron chi connectivity index (χ4n) is 1.59. The first-order valence-corrected chi connectivity index (χ1v) is 5.09. The Kier molecular flexibility index (Phi) is 4.63. The monoisotopic (exact) mass is 194 g/mol. The predicted molar refractivity (Wildman–Crippen MR) is 57.2 cm³/mol. The molecule has 1 unspecified atom stereocenters. The molecule has 0 aliphatic heterocycles. The van der Waals surface area contributed by atoms with E-state index in [9.17, 15) is 5.11 Å². The standard InChI is InChI=1S/C12H18O2/c1-10(14)9-12-6-3-2-5-11(12)7-4-8-13/h2-3,5-6,10,13-14H,4,7-9H2,1H3. The van der Waals surface area contributed by atoms with E-state index < -0.39 is 0 Å². The summed E-state index contributed by atoms with van der Waals surface area (Å²) in [5, 5.41) is 18.1. The number of hydrogen-bond donors (Lipinski definition) is 2. The summed E-state index contributed by atoms with van der Waals surface area (Å²) in [5.41, 5.74) is 2.43. The van der Waals surface area contributed by atoms with E-state index in [2.05, 4.69) is 6.07 Å². The Bertz CT molecular complexity index is 269. The summed E-state index contributed by atoms with van der Waals surface area (Å²) in [4.78, 5) is 0. The van der Waals surface area contributed by atoms with Crippen LogP contribution in [0, 0.1) is 0 Å². The second-order valence-corrected chi connectivity index (χ2v) is 3.65. The summed E-state index contributed by atoms with van der Waals surface area (Å²) < 4.78 is 0. The minimum absolute atomic E-state index is 0.225. The first-order chi connectivity index (χ1) is 6.74. The molecule has 0 bridgehead atoms. The number of hydrogen-bond acceptors (Lipinski definition) is 2. The second-order valence-electron chi connectivity index (χ2n) is 3.65. The van der Waals surface area contributed by atoms with Crippen molar-refractivity contribution in [3.05, 3.63) is 35.4 Å². The van der Waals surface area contributed by atoms with Crippen LogP contribution in [-0.2, 0) is 12.8 Å². The SMILES string of the molecule is CC(O)Cc1ccccc1CCCO. The van der Waals surface area contributed by atoms with Crippen molar-refractivity contribution in [3.8, 4) is 0 Å². The molecule has 0 heterocycles. The van der Waals surface area contributed by atoms with E-state index in [1.54, 1.807) is 6.92 Å². The molecule has 0 saturated carbocycles. The van der Waals surface area contributed by atoms with Crippen LogP contribution in [-0.4, -0.2) is 22.9 Å². The zero-order valence-electron chi connectivity index (χ0n) is 8.61. The van der Waals surface area contributed by atoms with Gasteiger partial charge in [0.15, 0.2) is 0 Å². The molecule has 0 aliphatic carbocycles. The molecule has 0 fully saturated rings. The number of benzene rings is 1. The van der Waals surface area contributed by atoms with Crippen LogP contribution < -0.4 is 0 Å². The first kappa shape index (κ1) is 11.2. The van der Waals surface area contributed by atoms with Crippen molar-refractivity contribution in [1.82, 2.24) is 0 Å². The molecule has 0 spiro atoms. The Balaban J connectivity index is 2.69. The first-order valence-electron chi connectivity index (χ1n) is 5.09. The van der Waals surface area contributed by atoms with Crippen LogP contribution in [0.2, 0.25) is 0 Å². The van der Waals surface area contributed by atoms with Gasteiger partial charge in [0.05, 0.1) is 6.10 Å². The van der Waals surface area contributed by atoms with Crippen LogP contribution in [0.3, 0.4) is 0 Å². The average Bonchev–Trinajstić information content (AvgIpc) is 2.16. The third-order valence-corrected chi connectivity index (χ3v) is 2.24. The van der Waals surface area contributed by atoms with E-state index in [1.807, 2.05) is 18.2 Å². The van der Waals surface area contributed by atoms with Crippen molar-refractivity contribution < 1.29 is 10.2 Å². The molecule has 0 saturated heterocycles. The maximum Gasteiger partial charge on any atom is 0.0552 e. The molecule has 78 valence electrons. The van der Waals surface area contributed by atoms with Crippen molar-refractivity contribution in [2.45, 2.75) is 32.3 Å². The molecule has 14 heavy (non-hydrogen) atoms. The van der Waals surface area contributed by atoms with Crippen LogP contribution in [0.1, 0.15) is 24.5 Å². The third-order valence-electron chi connectivity index (χ3n) is 2.24. The van der Waals surface area contributed by atoms with Gasteiger partial charge < -0.3 is 10.2 Å². The van der Waals surface area contributed by atoms with Gasteiger partial charge in [-0.2, -0.15) is 0 Å². The van der Waals surface area contributed by atoms with E-state index in [-0.39, 0.29) is 12.7 Å². The van der Waals surface area contributed by atoms with Crippen LogP contribution >= 0.6 is 0 Å². The van der Waals surface area contributed by atoms with Gasteiger partial charge in [0, 0.05) is 6.61 Å². The van der Waals surface area contributed by atoms with Gasteiger partial charge in [-0.1, -0.05) is 24.3 Å². The van der Waals surface area contributed by atoms with Gasteiger partial charge in [-0.05, 0) is 37.3 Å². The molecule has 0 aromatic heterocycles. The molecule has 2 nitrogen and oxygen atoms in total. The van der Waals surface area contributed by atoms with Crippen LogP contribution in [0.15, 0.2) is 24.3 Å². The highest BCUT2D eigenvalue weighted by Gasteiger charge is 2.04. The average molecular weight is 194 g/mol. The van der Waals surface area contributed by atoms with Crippen molar-refractivity contribution >= 4 is 0 Å². The summed E-state index contributed by atoms with van der Waals surface area (Å²) in [7, 11) is 0. The quantitative estimate of drug-likeness (QED) is 0.746. The highest BCUT2D eigenvalue weighted by atomic mass is 16.3. The second kappa shape index (κ2) is 5.78. The van der Waals surface area contributed by atoms with E-state index in [0.717, 1.165) is 12.8 Å². The Morgan fingerprint density at radius 3 is 2.43 bits per heavy atom. The fraction of sp³-hybridized carbons (Fsp3) is 0.500. The van der Waals surface area contributed by atoms with Gasteiger partial charge >= 0.3 is 0 Å². The zero-order valence-corrected chi connectivity index (χ0v) is 8.61. The summed E-state index contributed by atoms with van der Waals surface area (Å²) in [5.74, 6) is 0. The molecular weight excluding hydrogens is 176 g/mol. The van der Waals surface area contributed by atoms with E-state index in [1.165, 1.54) is 11.1 Å². The van der Waals surface area contributed by atoms with Gasteiger partial charge in [0.1, 0.15) is 0 Å². The van der Waals surface area contributed by atoms with Gasteiger partial charge in [0.2, 0.25) is 0 Å². The van der Waals surface area contributed by atoms with Crippen molar-refractivity contribution in [3.63, 3.8) is 0 Å². The van der Waals surface area contributed by atoms with Crippen LogP contribution in [0.25, 0.3) is 0 Å². The van der Waals surface area contributed by atoms with Crippen molar-refractivity contribution in [2.75, 3.05) is 6.61 Å². The molecular formula is C12H18O2. The molecule has 0 radical (unpaired) electrons. The summed E-state index contributed by atoms with van der Waals surface area (Å²) in [6.45, 7) is 2.02. The Hall–Kier alpha value is -0.860. The number of aliphatic hydroxyl groups excluding tert-OH is 2. The van der Waals surface area contributed by atoms with E-state index >= 15 is 0 Å². The maximum atomic E-state index is 9.31. The number of aliphatic hydroxyl groups is 2. The lowest BCUT2D eigenvalue weighted by Gasteiger charge is -2.10. The smallest absolute Gasteiger partial charge is 0.0552 e. The summed E-state index contributed by atoms with van der Waals surface area (Å²) in [6, 6.07) is 8.09. The lowest BCUT2D eigenvalue weighted by atomic mass is 9.99. The van der Waals surface area contributed by atoms with Crippen molar-refractivity contribution in [1.29, 1.82) is 0 Å². The zero-order chi connectivity index (χ0) is 10.4. The number of rotatable bonds is 5. The minimum Gasteiger partial charge on any atom is -0.396 e. The van der Waals surface area contributed by atoms with Crippen molar-refractivity contribution in [2.24, 2.45) is 0 Å². The third kappa shape index (κ3) is 3.48. The molecule has 2 N–H and O–H groups in total. The topological polar surface area (TPSA) is 40.5 Å². The maximum absolute atomic E-state index is 9.31. The van der Waals surface area contributed by atoms with Gasteiger partial charge in [-0.15, -0.1) is 0 Å². The normalized spacial score (nSPS) is 12.8. The van der Waals surface area contributed by atoms with E-state index in [4.69, 9.17) is 5.11 Å². The Morgan fingerprint density at radius 1 is 1.21 bits per heavy atom. The largest absolute Gasteiger partial charge is 0.396 e. The summed E-state index contributed by atoms with van der Waals surface area (Å²) >= 11 is 0. The van der Waals surface area contributed by atoms with Crippen LogP contribution in [0.5, 0.6) is 0 Å².